The molecule has 27 heavy (non-hydrogen) atoms. The number of hydrogen-bond donors (Lipinski definition) is 4. The van der Waals surface area contributed by atoms with Gasteiger partial charge in [-0.15, -0.1) is 0 Å². The van der Waals surface area contributed by atoms with Crippen LogP contribution >= 0.6 is 0 Å². The third-order valence-corrected chi connectivity index (χ3v) is 4.35. The van der Waals surface area contributed by atoms with Gasteiger partial charge in [0.2, 0.25) is 0 Å². The van der Waals surface area contributed by atoms with Gasteiger partial charge in [-0.3, -0.25) is 15.3 Å². The Labute approximate surface area is 157 Å². The van der Waals surface area contributed by atoms with Crippen molar-refractivity contribution in [1.82, 2.24) is 14.9 Å². The number of benzene rings is 1. The summed E-state index contributed by atoms with van der Waals surface area (Å²) in [5.74, 6) is 1.08. The Morgan fingerprint density at radius 1 is 1.41 bits per heavy atom. The molecule has 1 aliphatic rings. The van der Waals surface area contributed by atoms with Crippen molar-refractivity contribution in [3.8, 4) is 5.75 Å². The third kappa shape index (κ3) is 4.14. The van der Waals surface area contributed by atoms with Gasteiger partial charge < -0.3 is 21.2 Å². The standard InChI is InChI=1S/C18H24N8O/c1-22-8-11-9-26(10-13(11)19)7-6-15(20)23-17-12-4-3-5-14(27-2)16(12)24-18(21)25-17/h3-5,8H,6-7,9-10,19H2,1-2H3,(H4,20,21,23,24,25)/b22-8-. The first-order valence-corrected chi connectivity index (χ1v) is 8.58. The van der Waals surface area contributed by atoms with Crippen LogP contribution in [0.5, 0.6) is 5.75 Å². The fourth-order valence-electron chi connectivity index (χ4n) is 3.05. The molecule has 1 aliphatic heterocycles. The van der Waals surface area contributed by atoms with E-state index in [0.29, 0.717) is 36.3 Å². The van der Waals surface area contributed by atoms with E-state index in [0.717, 1.165) is 23.2 Å². The molecule has 6 N–H and O–H groups in total. The van der Waals surface area contributed by atoms with Gasteiger partial charge in [-0.25, -0.2) is 9.98 Å². The van der Waals surface area contributed by atoms with E-state index in [9.17, 15) is 0 Å². The van der Waals surface area contributed by atoms with Crippen molar-refractivity contribution < 1.29 is 4.74 Å². The minimum Gasteiger partial charge on any atom is -0.494 e. The van der Waals surface area contributed by atoms with Gasteiger partial charge in [-0.2, -0.15) is 0 Å². The van der Waals surface area contributed by atoms with Gasteiger partial charge in [-0.05, 0) is 12.1 Å². The number of ether oxygens (including phenoxy) is 1. The maximum Gasteiger partial charge on any atom is 0.199 e. The number of nitrogens with two attached hydrogens (primary N) is 2. The number of anilines is 1. The highest BCUT2D eigenvalue weighted by Crippen LogP contribution is 2.21. The number of para-hydroxylation sites is 1. The number of aromatic amines is 1. The van der Waals surface area contributed by atoms with Gasteiger partial charge in [0.25, 0.3) is 0 Å². The summed E-state index contributed by atoms with van der Waals surface area (Å²) in [5.41, 5.74) is 14.9. The molecular formula is C18H24N8O. The molecule has 0 atom stereocenters. The van der Waals surface area contributed by atoms with Crippen LogP contribution in [0.15, 0.2) is 39.5 Å². The Hall–Kier alpha value is -3.20. The van der Waals surface area contributed by atoms with Crippen LogP contribution < -0.4 is 21.7 Å². The smallest absolute Gasteiger partial charge is 0.199 e. The molecule has 1 aromatic carbocycles. The van der Waals surface area contributed by atoms with Crippen molar-refractivity contribution in [2.24, 2.45) is 15.7 Å². The monoisotopic (exact) mass is 368 g/mol. The van der Waals surface area contributed by atoms with Crippen LogP contribution in [0.1, 0.15) is 6.42 Å². The zero-order valence-electron chi connectivity index (χ0n) is 15.5. The fraction of sp³-hybridized carbons (Fsp3) is 0.333. The summed E-state index contributed by atoms with van der Waals surface area (Å²) in [5, 5.41) is 8.99. The number of aliphatic imine (C=N–C) groups is 1. The lowest BCUT2D eigenvalue weighted by molar-refractivity contribution is 0.356. The quantitative estimate of drug-likeness (QED) is 0.453. The first-order valence-electron chi connectivity index (χ1n) is 8.58. The Bertz CT molecular complexity index is 989. The lowest BCUT2D eigenvalue weighted by atomic mass is 10.2. The highest BCUT2D eigenvalue weighted by molar-refractivity contribution is 5.86. The number of hydrogen-bond acceptors (Lipinski definition) is 7. The first-order chi connectivity index (χ1) is 13.0. The molecule has 3 rings (SSSR count). The fourth-order valence-corrected chi connectivity index (χ4v) is 3.05. The van der Waals surface area contributed by atoms with Gasteiger partial charge in [0, 0.05) is 56.0 Å². The molecule has 2 heterocycles. The molecule has 0 saturated heterocycles. The predicted molar refractivity (Wildman–Crippen MR) is 107 cm³/mol. The number of nitrogens with zero attached hydrogens (tertiary/aromatic N) is 4. The van der Waals surface area contributed by atoms with E-state index in [-0.39, 0.29) is 11.8 Å². The van der Waals surface area contributed by atoms with Crippen molar-refractivity contribution in [3.05, 3.63) is 35.0 Å². The van der Waals surface area contributed by atoms with Crippen molar-refractivity contribution in [1.29, 1.82) is 5.41 Å². The maximum atomic E-state index is 8.24. The molecular weight excluding hydrogens is 344 g/mol. The lowest BCUT2D eigenvalue weighted by Gasteiger charge is -2.14. The van der Waals surface area contributed by atoms with E-state index in [1.807, 2.05) is 18.2 Å². The van der Waals surface area contributed by atoms with Gasteiger partial charge >= 0.3 is 0 Å². The number of nitrogen functional groups attached to an aromatic ring is 1. The van der Waals surface area contributed by atoms with Crippen LogP contribution in [0.4, 0.5) is 5.95 Å². The van der Waals surface area contributed by atoms with Crippen molar-refractivity contribution in [2.75, 3.05) is 39.5 Å². The number of methoxy groups -OCH3 is 1. The minimum absolute atomic E-state index is 0.221. The first kappa shape index (κ1) is 18.6. The highest BCUT2D eigenvalue weighted by atomic mass is 16.5. The molecule has 0 bridgehead atoms. The highest BCUT2D eigenvalue weighted by Gasteiger charge is 2.18. The minimum atomic E-state index is 0.221. The van der Waals surface area contributed by atoms with E-state index in [4.69, 9.17) is 21.6 Å². The Balaban J connectivity index is 1.77. The second-order valence-electron chi connectivity index (χ2n) is 6.28. The van der Waals surface area contributed by atoms with Crippen LogP contribution in [0.25, 0.3) is 10.9 Å². The second-order valence-corrected chi connectivity index (χ2v) is 6.28. The van der Waals surface area contributed by atoms with Gasteiger partial charge in [0.1, 0.15) is 22.6 Å². The van der Waals surface area contributed by atoms with Crippen LogP contribution in [0.2, 0.25) is 0 Å². The summed E-state index contributed by atoms with van der Waals surface area (Å²) in [6.45, 7) is 2.11. The number of rotatable bonds is 5. The Morgan fingerprint density at radius 3 is 2.96 bits per heavy atom. The van der Waals surface area contributed by atoms with Crippen molar-refractivity contribution in [3.63, 3.8) is 0 Å². The largest absolute Gasteiger partial charge is 0.494 e. The number of fused-ring (bicyclic) bond motifs is 1. The average molecular weight is 368 g/mol. The van der Waals surface area contributed by atoms with E-state index in [2.05, 4.69) is 24.9 Å². The molecule has 9 heteroatoms. The number of H-pyrrole nitrogens is 1. The van der Waals surface area contributed by atoms with E-state index in [1.54, 1.807) is 20.4 Å². The third-order valence-electron chi connectivity index (χ3n) is 4.35. The summed E-state index contributed by atoms with van der Waals surface area (Å²) >= 11 is 0. The van der Waals surface area contributed by atoms with E-state index in [1.165, 1.54) is 0 Å². The SMILES string of the molecule is C/N=C\C1=C(N)CN(CCC(=N)/N=c2\[nH]c(N)nc3c(OC)cccc23)C1. The average Bonchev–Trinajstić information content (AvgIpc) is 2.99. The summed E-state index contributed by atoms with van der Waals surface area (Å²) in [6, 6.07) is 5.53. The molecule has 0 amide bonds. The van der Waals surface area contributed by atoms with E-state index >= 15 is 0 Å². The van der Waals surface area contributed by atoms with Crippen LogP contribution in [-0.2, 0) is 0 Å². The zero-order valence-corrected chi connectivity index (χ0v) is 15.5. The summed E-state index contributed by atoms with van der Waals surface area (Å²) in [4.78, 5) is 17.8. The van der Waals surface area contributed by atoms with Gasteiger partial charge in [-0.1, -0.05) is 6.07 Å². The molecule has 0 spiro atoms. The van der Waals surface area contributed by atoms with Crippen LogP contribution in [-0.4, -0.2) is 60.7 Å². The normalized spacial score (nSPS) is 16.0. The molecule has 142 valence electrons. The van der Waals surface area contributed by atoms with Gasteiger partial charge in [0.15, 0.2) is 5.95 Å². The Morgan fingerprint density at radius 2 is 2.22 bits per heavy atom. The van der Waals surface area contributed by atoms with Gasteiger partial charge in [0.05, 0.1) is 7.11 Å². The molecule has 0 aliphatic carbocycles. The number of amidine groups is 1. The number of nitrogens with one attached hydrogen (secondary N) is 2. The van der Waals surface area contributed by atoms with Crippen LogP contribution in [0, 0.1) is 5.41 Å². The topological polar surface area (TPSA) is 142 Å². The Kier molecular flexibility index (Phi) is 5.51. The molecule has 0 unspecified atom stereocenters. The molecule has 1 aromatic heterocycles. The molecule has 2 aromatic rings. The van der Waals surface area contributed by atoms with Crippen LogP contribution in [0.3, 0.4) is 0 Å². The lowest BCUT2D eigenvalue weighted by Crippen LogP contribution is -2.26. The van der Waals surface area contributed by atoms with Crippen molar-refractivity contribution >= 4 is 28.9 Å². The molecule has 9 nitrogen and oxygen atoms in total. The summed E-state index contributed by atoms with van der Waals surface area (Å²) in [6.07, 6.45) is 2.28. The molecule has 0 fully saturated rings. The van der Waals surface area contributed by atoms with Crippen molar-refractivity contribution in [2.45, 2.75) is 6.42 Å². The summed E-state index contributed by atoms with van der Waals surface area (Å²) < 4.78 is 5.34. The van der Waals surface area contributed by atoms with E-state index < -0.39 is 0 Å². The number of aromatic nitrogens is 2. The maximum absolute atomic E-state index is 8.24. The second kappa shape index (κ2) is 8.00. The molecule has 0 radical (unpaired) electrons. The zero-order chi connectivity index (χ0) is 19.4. The molecule has 0 saturated carbocycles. The predicted octanol–water partition coefficient (Wildman–Crippen LogP) is 0.651. The summed E-state index contributed by atoms with van der Waals surface area (Å²) in [7, 11) is 3.31.